The van der Waals surface area contributed by atoms with Gasteiger partial charge < -0.3 is 15.4 Å². The predicted octanol–water partition coefficient (Wildman–Crippen LogP) is 1.74. The molecule has 114 valence electrons. The molecule has 1 rings (SSSR count). The summed E-state index contributed by atoms with van der Waals surface area (Å²) in [6.45, 7) is 6.00. The van der Waals surface area contributed by atoms with E-state index >= 15 is 0 Å². The van der Waals surface area contributed by atoms with Crippen LogP contribution in [0.25, 0.3) is 6.08 Å². The van der Waals surface area contributed by atoms with Gasteiger partial charge in [-0.25, -0.2) is 4.79 Å². The molecule has 0 aliphatic heterocycles. The SMILES string of the molecule is CC(C)(C)OC(=O)NCCNC(=O)/C=C/c1cccnc1. The molecule has 2 N–H and O–H groups in total. The van der Waals surface area contributed by atoms with Crippen LogP contribution in [-0.2, 0) is 9.53 Å². The minimum atomic E-state index is -0.528. The van der Waals surface area contributed by atoms with E-state index in [9.17, 15) is 9.59 Å². The van der Waals surface area contributed by atoms with Crippen molar-refractivity contribution in [3.63, 3.8) is 0 Å². The number of nitrogens with zero attached hydrogens (tertiary/aromatic N) is 1. The Morgan fingerprint density at radius 1 is 1.29 bits per heavy atom. The van der Waals surface area contributed by atoms with E-state index in [1.165, 1.54) is 6.08 Å². The highest BCUT2D eigenvalue weighted by Crippen LogP contribution is 2.05. The summed E-state index contributed by atoms with van der Waals surface area (Å²) in [5.41, 5.74) is 0.319. The molecular formula is C15H21N3O3. The van der Waals surface area contributed by atoms with E-state index in [0.29, 0.717) is 13.1 Å². The molecule has 6 nitrogen and oxygen atoms in total. The van der Waals surface area contributed by atoms with Gasteiger partial charge in [-0.15, -0.1) is 0 Å². The number of carbonyl (C=O) groups is 2. The molecule has 0 spiro atoms. The fourth-order valence-electron chi connectivity index (χ4n) is 1.37. The zero-order chi connectivity index (χ0) is 15.7. The molecule has 1 aromatic rings. The number of hydrogen-bond acceptors (Lipinski definition) is 4. The molecule has 2 amide bonds. The molecule has 0 saturated carbocycles. The molecule has 0 aromatic carbocycles. The van der Waals surface area contributed by atoms with Gasteiger partial charge in [-0.2, -0.15) is 0 Å². The first-order valence-electron chi connectivity index (χ1n) is 6.69. The normalized spacial score (nSPS) is 11.2. The highest BCUT2D eigenvalue weighted by molar-refractivity contribution is 5.91. The second-order valence-corrected chi connectivity index (χ2v) is 5.34. The van der Waals surface area contributed by atoms with Gasteiger partial charge >= 0.3 is 6.09 Å². The smallest absolute Gasteiger partial charge is 0.407 e. The van der Waals surface area contributed by atoms with Crippen molar-refractivity contribution in [2.45, 2.75) is 26.4 Å². The Morgan fingerprint density at radius 3 is 2.62 bits per heavy atom. The third-order valence-electron chi connectivity index (χ3n) is 2.20. The lowest BCUT2D eigenvalue weighted by Gasteiger charge is -2.19. The molecule has 0 saturated heterocycles. The average Bonchev–Trinajstić information content (AvgIpc) is 2.40. The Morgan fingerprint density at radius 2 is 2.00 bits per heavy atom. The number of pyridine rings is 1. The number of ether oxygens (including phenoxy) is 1. The van der Waals surface area contributed by atoms with Crippen LogP contribution in [0.4, 0.5) is 4.79 Å². The van der Waals surface area contributed by atoms with Crippen LogP contribution < -0.4 is 10.6 Å². The summed E-state index contributed by atoms with van der Waals surface area (Å²) in [7, 11) is 0. The van der Waals surface area contributed by atoms with Crippen LogP contribution in [0.5, 0.6) is 0 Å². The largest absolute Gasteiger partial charge is 0.444 e. The van der Waals surface area contributed by atoms with Gasteiger partial charge in [0, 0.05) is 31.6 Å². The van der Waals surface area contributed by atoms with Crippen LogP contribution in [0.15, 0.2) is 30.6 Å². The number of carbonyl (C=O) groups excluding carboxylic acids is 2. The van der Waals surface area contributed by atoms with Crippen molar-refractivity contribution < 1.29 is 14.3 Å². The van der Waals surface area contributed by atoms with Gasteiger partial charge in [0.1, 0.15) is 5.60 Å². The highest BCUT2D eigenvalue weighted by Gasteiger charge is 2.15. The third kappa shape index (κ3) is 8.41. The fourth-order valence-corrected chi connectivity index (χ4v) is 1.37. The van der Waals surface area contributed by atoms with Crippen molar-refractivity contribution in [3.05, 3.63) is 36.2 Å². The lowest BCUT2D eigenvalue weighted by Crippen LogP contribution is -2.37. The van der Waals surface area contributed by atoms with Crippen molar-refractivity contribution in [1.82, 2.24) is 15.6 Å². The van der Waals surface area contributed by atoms with Crippen molar-refractivity contribution in [2.24, 2.45) is 0 Å². The summed E-state index contributed by atoms with van der Waals surface area (Å²) in [5.74, 6) is -0.232. The molecule has 0 fully saturated rings. The summed E-state index contributed by atoms with van der Waals surface area (Å²) in [6.07, 6.45) is 5.92. The number of amides is 2. The zero-order valence-electron chi connectivity index (χ0n) is 12.6. The Labute approximate surface area is 124 Å². The van der Waals surface area contributed by atoms with Crippen molar-refractivity contribution in [2.75, 3.05) is 13.1 Å². The Hall–Kier alpha value is -2.37. The van der Waals surface area contributed by atoms with E-state index in [1.54, 1.807) is 45.3 Å². The van der Waals surface area contributed by atoms with E-state index in [1.807, 2.05) is 6.07 Å². The molecule has 1 aromatic heterocycles. The highest BCUT2D eigenvalue weighted by atomic mass is 16.6. The summed E-state index contributed by atoms with van der Waals surface area (Å²) < 4.78 is 5.07. The van der Waals surface area contributed by atoms with Crippen LogP contribution in [0.1, 0.15) is 26.3 Å². The van der Waals surface area contributed by atoms with E-state index in [-0.39, 0.29) is 5.91 Å². The van der Waals surface area contributed by atoms with Crippen molar-refractivity contribution in [1.29, 1.82) is 0 Å². The molecular weight excluding hydrogens is 270 g/mol. The van der Waals surface area contributed by atoms with Crippen LogP contribution >= 0.6 is 0 Å². The number of rotatable bonds is 5. The van der Waals surface area contributed by atoms with Gasteiger partial charge in [0.05, 0.1) is 0 Å². The fraction of sp³-hybridized carbons (Fsp3) is 0.400. The molecule has 0 atom stereocenters. The Balaban J connectivity index is 2.19. The lowest BCUT2D eigenvalue weighted by atomic mass is 10.2. The van der Waals surface area contributed by atoms with Gasteiger partial charge in [0.2, 0.25) is 5.91 Å². The Bertz CT molecular complexity index is 493. The van der Waals surface area contributed by atoms with Gasteiger partial charge in [-0.3, -0.25) is 9.78 Å². The Kier molecular flexibility index (Phi) is 6.39. The maximum atomic E-state index is 11.5. The molecule has 21 heavy (non-hydrogen) atoms. The van der Waals surface area contributed by atoms with Crippen LogP contribution in [0.3, 0.4) is 0 Å². The third-order valence-corrected chi connectivity index (χ3v) is 2.20. The molecule has 1 heterocycles. The van der Waals surface area contributed by atoms with E-state index in [4.69, 9.17) is 4.74 Å². The number of alkyl carbamates (subject to hydrolysis) is 1. The molecule has 0 aliphatic carbocycles. The van der Waals surface area contributed by atoms with E-state index in [2.05, 4.69) is 15.6 Å². The van der Waals surface area contributed by atoms with Crippen LogP contribution in [0, 0.1) is 0 Å². The molecule has 0 radical (unpaired) electrons. The van der Waals surface area contributed by atoms with Gasteiger partial charge in [-0.05, 0) is 38.5 Å². The standard InChI is InChI=1S/C15H21N3O3/c1-15(2,3)21-14(20)18-10-9-17-13(19)7-6-12-5-4-8-16-11-12/h4-8,11H,9-10H2,1-3H3,(H,17,19)(H,18,20)/b7-6+. The minimum Gasteiger partial charge on any atom is -0.444 e. The summed E-state index contributed by atoms with van der Waals surface area (Å²) in [6, 6.07) is 3.64. The maximum Gasteiger partial charge on any atom is 0.407 e. The maximum absolute atomic E-state index is 11.5. The topological polar surface area (TPSA) is 80.3 Å². The zero-order valence-corrected chi connectivity index (χ0v) is 12.6. The van der Waals surface area contributed by atoms with Crippen LogP contribution in [-0.4, -0.2) is 35.7 Å². The van der Waals surface area contributed by atoms with Gasteiger partial charge in [-0.1, -0.05) is 6.07 Å². The van der Waals surface area contributed by atoms with E-state index < -0.39 is 11.7 Å². The van der Waals surface area contributed by atoms with Crippen molar-refractivity contribution in [3.8, 4) is 0 Å². The quantitative estimate of drug-likeness (QED) is 0.639. The number of nitrogens with one attached hydrogen (secondary N) is 2. The summed E-state index contributed by atoms with van der Waals surface area (Å²) >= 11 is 0. The van der Waals surface area contributed by atoms with Gasteiger partial charge in [0.25, 0.3) is 0 Å². The second kappa shape index (κ2) is 8.04. The first-order chi connectivity index (χ1) is 9.87. The molecule has 0 aliphatic rings. The lowest BCUT2D eigenvalue weighted by molar-refractivity contribution is -0.116. The van der Waals surface area contributed by atoms with Crippen molar-refractivity contribution >= 4 is 18.1 Å². The van der Waals surface area contributed by atoms with E-state index in [0.717, 1.165) is 5.56 Å². The molecule has 6 heteroatoms. The van der Waals surface area contributed by atoms with Gasteiger partial charge in [0.15, 0.2) is 0 Å². The number of aromatic nitrogens is 1. The predicted molar refractivity (Wildman–Crippen MR) is 80.5 cm³/mol. The summed E-state index contributed by atoms with van der Waals surface area (Å²) in [5, 5.41) is 5.21. The summed E-state index contributed by atoms with van der Waals surface area (Å²) in [4.78, 5) is 26.8. The first-order valence-corrected chi connectivity index (χ1v) is 6.69. The first kappa shape index (κ1) is 16.7. The monoisotopic (exact) mass is 291 g/mol. The molecule has 0 bridgehead atoms. The minimum absolute atomic E-state index is 0.232. The number of hydrogen-bond donors (Lipinski definition) is 2. The molecule has 0 unspecified atom stereocenters. The second-order valence-electron chi connectivity index (χ2n) is 5.34. The average molecular weight is 291 g/mol. The van der Waals surface area contributed by atoms with Crippen LogP contribution in [0.2, 0.25) is 0 Å².